The summed E-state index contributed by atoms with van der Waals surface area (Å²) in [6, 6.07) is 4.45. The van der Waals surface area contributed by atoms with Gasteiger partial charge in [0.05, 0.1) is 6.04 Å². The number of aromatic nitrogens is 3. The van der Waals surface area contributed by atoms with Crippen LogP contribution in [0.4, 0.5) is 0 Å². The number of likely N-dealkylation sites (N-methyl/N-ethyl adjacent to an activating group) is 1. The summed E-state index contributed by atoms with van der Waals surface area (Å²) < 4.78 is 2.09. The molecule has 0 amide bonds. The van der Waals surface area contributed by atoms with E-state index < -0.39 is 0 Å². The van der Waals surface area contributed by atoms with Crippen LogP contribution in [0, 0.1) is 0 Å². The Hall–Kier alpha value is -1.68. The van der Waals surface area contributed by atoms with Gasteiger partial charge in [0.1, 0.15) is 5.82 Å². The fourth-order valence-corrected chi connectivity index (χ4v) is 2.96. The highest BCUT2D eigenvalue weighted by Gasteiger charge is 2.32. The molecule has 2 heterocycles. The fourth-order valence-electron chi connectivity index (χ4n) is 2.96. The fraction of sp³-hybridized carbons (Fsp3) is 0.429. The summed E-state index contributed by atoms with van der Waals surface area (Å²) in [6.07, 6.45) is 8.01. The Balaban J connectivity index is 1.98. The van der Waals surface area contributed by atoms with Crippen LogP contribution in [-0.4, -0.2) is 21.6 Å². The van der Waals surface area contributed by atoms with E-state index >= 15 is 0 Å². The van der Waals surface area contributed by atoms with Gasteiger partial charge in [-0.2, -0.15) is 0 Å². The first-order valence-electron chi connectivity index (χ1n) is 6.39. The van der Waals surface area contributed by atoms with Crippen molar-refractivity contribution in [3.8, 4) is 0 Å². The zero-order valence-electron chi connectivity index (χ0n) is 10.8. The van der Waals surface area contributed by atoms with Crippen molar-refractivity contribution in [1.82, 2.24) is 19.9 Å². The van der Waals surface area contributed by atoms with Gasteiger partial charge < -0.3 is 9.88 Å². The van der Waals surface area contributed by atoms with Crippen LogP contribution in [0.3, 0.4) is 0 Å². The smallest absolute Gasteiger partial charge is 0.126 e. The van der Waals surface area contributed by atoms with Crippen LogP contribution < -0.4 is 5.32 Å². The lowest BCUT2D eigenvalue weighted by Gasteiger charge is -2.22. The van der Waals surface area contributed by atoms with E-state index in [0.29, 0.717) is 5.92 Å². The number of nitrogens with one attached hydrogen (secondary N) is 1. The number of rotatable bonds is 3. The third-order valence-electron chi connectivity index (χ3n) is 3.85. The summed E-state index contributed by atoms with van der Waals surface area (Å²) in [5, 5.41) is 3.40. The maximum atomic E-state index is 4.57. The van der Waals surface area contributed by atoms with Gasteiger partial charge in [-0.25, -0.2) is 4.98 Å². The Morgan fingerprint density at radius 3 is 3.00 bits per heavy atom. The minimum absolute atomic E-state index is 0.237. The van der Waals surface area contributed by atoms with E-state index in [-0.39, 0.29) is 6.04 Å². The average molecular weight is 242 g/mol. The molecule has 2 aromatic rings. The number of nitrogens with zero attached hydrogens (tertiary/aromatic N) is 3. The van der Waals surface area contributed by atoms with Gasteiger partial charge in [0, 0.05) is 37.3 Å². The molecule has 2 aromatic heterocycles. The maximum Gasteiger partial charge on any atom is 0.126 e. The van der Waals surface area contributed by atoms with Gasteiger partial charge in [-0.3, -0.25) is 4.98 Å². The van der Waals surface area contributed by atoms with Crippen molar-refractivity contribution in [3.05, 3.63) is 47.8 Å². The van der Waals surface area contributed by atoms with Crippen molar-refractivity contribution in [2.75, 3.05) is 7.05 Å². The molecule has 0 radical (unpaired) electrons. The molecule has 4 nitrogen and oxygen atoms in total. The van der Waals surface area contributed by atoms with Crippen LogP contribution in [0.5, 0.6) is 0 Å². The molecule has 18 heavy (non-hydrogen) atoms. The highest BCUT2D eigenvalue weighted by Crippen LogP contribution is 2.39. The molecular weight excluding hydrogens is 224 g/mol. The molecule has 2 unspecified atom stereocenters. The summed E-state index contributed by atoms with van der Waals surface area (Å²) in [6.45, 7) is 0. The van der Waals surface area contributed by atoms with Gasteiger partial charge in [-0.15, -0.1) is 0 Å². The summed E-state index contributed by atoms with van der Waals surface area (Å²) in [7, 11) is 4.04. The van der Waals surface area contributed by atoms with Gasteiger partial charge >= 0.3 is 0 Å². The molecule has 1 aliphatic rings. The predicted octanol–water partition coefficient (Wildman–Crippen LogP) is 1.81. The van der Waals surface area contributed by atoms with E-state index in [1.807, 2.05) is 38.8 Å². The average Bonchev–Trinajstić information content (AvgIpc) is 2.99. The number of imidazole rings is 1. The van der Waals surface area contributed by atoms with Gasteiger partial charge in [0.25, 0.3) is 0 Å². The second-order valence-electron chi connectivity index (χ2n) is 4.86. The minimum Gasteiger partial charge on any atom is -0.337 e. The Bertz CT molecular complexity index is 546. The second kappa shape index (κ2) is 4.53. The quantitative estimate of drug-likeness (QED) is 0.892. The van der Waals surface area contributed by atoms with E-state index in [9.17, 15) is 0 Å². The molecule has 0 saturated carbocycles. The van der Waals surface area contributed by atoms with Crippen molar-refractivity contribution in [2.45, 2.75) is 24.8 Å². The van der Waals surface area contributed by atoms with Gasteiger partial charge in [0.15, 0.2) is 0 Å². The zero-order chi connectivity index (χ0) is 12.5. The standard InChI is InChI=1S/C14H18N4/c1-15-13(14-17-8-9-18(14)2)11-6-5-10-4-3-7-16-12(10)11/h3-4,7-9,11,13,15H,5-6H2,1-2H3. The van der Waals surface area contributed by atoms with E-state index in [2.05, 4.69) is 25.9 Å². The maximum absolute atomic E-state index is 4.57. The highest BCUT2D eigenvalue weighted by atomic mass is 15.1. The number of hydrogen-bond donors (Lipinski definition) is 1. The van der Waals surface area contributed by atoms with Crippen LogP contribution in [-0.2, 0) is 13.5 Å². The number of aryl methyl sites for hydroxylation is 2. The minimum atomic E-state index is 0.237. The lowest BCUT2D eigenvalue weighted by atomic mass is 9.96. The van der Waals surface area contributed by atoms with Gasteiger partial charge in [-0.05, 0) is 31.5 Å². The largest absolute Gasteiger partial charge is 0.337 e. The third-order valence-corrected chi connectivity index (χ3v) is 3.85. The number of fused-ring (bicyclic) bond motifs is 1. The van der Waals surface area contributed by atoms with Crippen LogP contribution in [0.25, 0.3) is 0 Å². The number of hydrogen-bond acceptors (Lipinski definition) is 3. The van der Waals surface area contributed by atoms with Crippen LogP contribution >= 0.6 is 0 Å². The molecule has 94 valence electrons. The molecule has 0 aliphatic heterocycles. The molecule has 2 atom stereocenters. The summed E-state index contributed by atoms with van der Waals surface area (Å²) in [5.41, 5.74) is 2.62. The van der Waals surface area contributed by atoms with Crippen molar-refractivity contribution in [1.29, 1.82) is 0 Å². The lowest BCUT2D eigenvalue weighted by Crippen LogP contribution is -2.26. The molecule has 0 bridgehead atoms. The molecule has 0 aromatic carbocycles. The van der Waals surface area contributed by atoms with Crippen molar-refractivity contribution >= 4 is 0 Å². The molecule has 0 saturated heterocycles. The van der Waals surface area contributed by atoms with E-state index in [1.54, 1.807) is 0 Å². The molecule has 0 spiro atoms. The highest BCUT2D eigenvalue weighted by molar-refractivity contribution is 5.31. The predicted molar refractivity (Wildman–Crippen MR) is 70.3 cm³/mol. The lowest BCUT2D eigenvalue weighted by molar-refractivity contribution is 0.439. The van der Waals surface area contributed by atoms with Crippen molar-refractivity contribution < 1.29 is 0 Å². The Labute approximate surface area is 107 Å². The van der Waals surface area contributed by atoms with Gasteiger partial charge in [0.2, 0.25) is 0 Å². The van der Waals surface area contributed by atoms with Crippen LogP contribution in [0.15, 0.2) is 30.7 Å². The molecule has 1 N–H and O–H groups in total. The van der Waals surface area contributed by atoms with E-state index in [4.69, 9.17) is 0 Å². The van der Waals surface area contributed by atoms with Crippen molar-refractivity contribution in [2.24, 2.45) is 7.05 Å². The summed E-state index contributed by atoms with van der Waals surface area (Å²) in [4.78, 5) is 9.05. The van der Waals surface area contributed by atoms with Crippen molar-refractivity contribution in [3.63, 3.8) is 0 Å². The van der Waals surface area contributed by atoms with Crippen LogP contribution in [0.1, 0.15) is 35.5 Å². The Morgan fingerprint density at radius 2 is 2.28 bits per heavy atom. The second-order valence-corrected chi connectivity index (χ2v) is 4.86. The number of pyridine rings is 1. The monoisotopic (exact) mass is 242 g/mol. The summed E-state index contributed by atoms with van der Waals surface area (Å²) in [5.74, 6) is 1.51. The van der Waals surface area contributed by atoms with E-state index in [1.165, 1.54) is 11.3 Å². The van der Waals surface area contributed by atoms with Crippen LogP contribution in [0.2, 0.25) is 0 Å². The first-order valence-corrected chi connectivity index (χ1v) is 6.39. The zero-order valence-corrected chi connectivity index (χ0v) is 10.8. The van der Waals surface area contributed by atoms with Gasteiger partial charge in [-0.1, -0.05) is 6.07 Å². The molecule has 3 rings (SSSR count). The Morgan fingerprint density at radius 1 is 1.39 bits per heavy atom. The Kier molecular flexibility index (Phi) is 2.88. The topological polar surface area (TPSA) is 42.7 Å². The molecule has 1 aliphatic carbocycles. The molecular formula is C14H18N4. The molecule has 4 heteroatoms. The first kappa shape index (κ1) is 11.4. The first-order chi connectivity index (χ1) is 8.81. The van der Waals surface area contributed by atoms with E-state index in [0.717, 1.165) is 18.7 Å². The molecule has 0 fully saturated rings. The third kappa shape index (κ3) is 1.73. The summed E-state index contributed by atoms with van der Waals surface area (Å²) >= 11 is 0. The SMILES string of the molecule is CNC(c1nccn1C)C1CCc2cccnc21. The normalized spacial score (nSPS) is 19.8.